The minimum Gasteiger partial charge on any atom is -0.478 e. The van der Waals surface area contributed by atoms with Gasteiger partial charge in [0.25, 0.3) is 5.56 Å². The van der Waals surface area contributed by atoms with E-state index in [0.29, 0.717) is 10.0 Å². The number of carbonyl (C=O) groups is 1. The fourth-order valence-electron chi connectivity index (χ4n) is 1.59. The lowest BCUT2D eigenvalue weighted by molar-refractivity contribution is 0.0697. The Balaban J connectivity index is 2.40. The Morgan fingerprint density at radius 3 is 2.70 bits per heavy atom. The summed E-state index contributed by atoms with van der Waals surface area (Å²) >= 11 is 3.19. The summed E-state index contributed by atoms with van der Waals surface area (Å²) < 4.78 is 14.6. The molecule has 0 aliphatic carbocycles. The average Bonchev–Trinajstić information content (AvgIpc) is 2.37. The molecule has 20 heavy (non-hydrogen) atoms. The van der Waals surface area contributed by atoms with Gasteiger partial charge in [-0.05, 0) is 17.7 Å². The summed E-state index contributed by atoms with van der Waals surface area (Å²) in [5.41, 5.74) is -1.17. The van der Waals surface area contributed by atoms with E-state index in [1.807, 2.05) is 4.98 Å². The number of carboxylic acid groups (broad SMARTS) is 1. The van der Waals surface area contributed by atoms with Gasteiger partial charge in [0, 0.05) is 4.47 Å². The lowest BCUT2D eigenvalue weighted by atomic mass is 10.1. The number of benzene rings is 1. The van der Waals surface area contributed by atoms with Gasteiger partial charge in [-0.3, -0.25) is 14.3 Å². The van der Waals surface area contributed by atoms with E-state index in [-0.39, 0.29) is 12.1 Å². The number of hydrogen-bond donors (Lipinski definition) is 2. The lowest BCUT2D eigenvalue weighted by Crippen LogP contribution is -2.31. The monoisotopic (exact) mass is 342 g/mol. The second-order valence-electron chi connectivity index (χ2n) is 3.98. The average molecular weight is 343 g/mol. The molecule has 2 rings (SSSR count). The van der Waals surface area contributed by atoms with Crippen LogP contribution < -0.4 is 11.2 Å². The molecule has 6 nitrogen and oxygen atoms in total. The normalized spacial score (nSPS) is 10.5. The molecule has 0 saturated heterocycles. The highest BCUT2D eigenvalue weighted by atomic mass is 79.9. The summed E-state index contributed by atoms with van der Waals surface area (Å²) in [6.45, 7) is -0.00693. The largest absolute Gasteiger partial charge is 0.478 e. The first-order valence-electron chi connectivity index (χ1n) is 5.39. The number of hydrogen-bond acceptors (Lipinski definition) is 3. The Kier molecular flexibility index (Phi) is 3.84. The highest BCUT2D eigenvalue weighted by molar-refractivity contribution is 9.10. The van der Waals surface area contributed by atoms with Crippen molar-refractivity contribution in [2.24, 2.45) is 0 Å². The van der Waals surface area contributed by atoms with Gasteiger partial charge >= 0.3 is 11.7 Å². The third kappa shape index (κ3) is 2.85. The first-order valence-corrected chi connectivity index (χ1v) is 6.19. The van der Waals surface area contributed by atoms with Gasteiger partial charge in [-0.25, -0.2) is 9.59 Å². The van der Waals surface area contributed by atoms with Gasteiger partial charge in [-0.2, -0.15) is 4.39 Å². The van der Waals surface area contributed by atoms with Gasteiger partial charge in [0.15, 0.2) is 0 Å². The fourth-order valence-corrected chi connectivity index (χ4v) is 2.10. The smallest absolute Gasteiger partial charge is 0.335 e. The Morgan fingerprint density at radius 1 is 1.40 bits per heavy atom. The SMILES string of the molecule is O=C(O)c1ccc(Cn2cc(F)c(=O)[nH]c2=O)c(Br)c1. The number of aromatic nitrogens is 2. The quantitative estimate of drug-likeness (QED) is 0.876. The van der Waals surface area contributed by atoms with Crippen LogP contribution >= 0.6 is 15.9 Å². The summed E-state index contributed by atoms with van der Waals surface area (Å²) in [4.78, 5) is 35.1. The maximum absolute atomic E-state index is 13.1. The molecule has 0 atom stereocenters. The van der Waals surface area contributed by atoms with Crippen LogP contribution in [0.25, 0.3) is 0 Å². The maximum Gasteiger partial charge on any atom is 0.335 e. The van der Waals surface area contributed by atoms with Gasteiger partial charge in [0.05, 0.1) is 18.3 Å². The Hall–Kier alpha value is -2.22. The molecular formula is C12H8BrFN2O4. The molecule has 0 aliphatic rings. The second-order valence-corrected chi connectivity index (χ2v) is 4.83. The molecule has 0 amide bonds. The van der Waals surface area contributed by atoms with Crippen LogP contribution in [0.5, 0.6) is 0 Å². The number of aromatic amines is 1. The van der Waals surface area contributed by atoms with Gasteiger partial charge in [-0.15, -0.1) is 0 Å². The van der Waals surface area contributed by atoms with E-state index in [9.17, 15) is 18.8 Å². The number of nitrogens with zero attached hydrogens (tertiary/aromatic N) is 1. The van der Waals surface area contributed by atoms with E-state index < -0.39 is 23.0 Å². The highest BCUT2D eigenvalue weighted by Gasteiger charge is 2.09. The fraction of sp³-hybridized carbons (Fsp3) is 0.0833. The van der Waals surface area contributed by atoms with E-state index in [4.69, 9.17) is 5.11 Å². The summed E-state index contributed by atoms with van der Waals surface area (Å²) in [5, 5.41) is 8.84. The molecule has 0 aliphatic heterocycles. The van der Waals surface area contributed by atoms with Crippen molar-refractivity contribution in [2.45, 2.75) is 6.54 Å². The minimum absolute atomic E-state index is 0.00693. The van der Waals surface area contributed by atoms with E-state index >= 15 is 0 Å². The van der Waals surface area contributed by atoms with Crippen molar-refractivity contribution in [3.63, 3.8) is 0 Å². The minimum atomic E-state index is -1.08. The van der Waals surface area contributed by atoms with E-state index in [1.54, 1.807) is 0 Å². The molecule has 1 heterocycles. The molecule has 2 aromatic rings. The molecule has 8 heteroatoms. The standard InChI is InChI=1S/C12H8BrFN2O4/c13-8-3-6(11(18)19)1-2-7(8)4-16-5-9(14)10(17)15-12(16)20/h1-3,5H,4H2,(H,18,19)(H,15,17,20). The van der Waals surface area contributed by atoms with Crippen LogP contribution in [0.1, 0.15) is 15.9 Å². The Bertz CT molecular complexity index is 797. The Labute approximate surface area is 119 Å². The van der Waals surface area contributed by atoms with Crippen molar-refractivity contribution < 1.29 is 14.3 Å². The summed E-state index contributed by atoms with van der Waals surface area (Å²) in [5.74, 6) is -2.15. The number of nitrogens with one attached hydrogen (secondary N) is 1. The molecule has 0 fully saturated rings. The third-order valence-corrected chi connectivity index (χ3v) is 3.35. The van der Waals surface area contributed by atoms with Crippen molar-refractivity contribution in [3.05, 3.63) is 66.7 Å². The molecule has 1 aromatic carbocycles. The van der Waals surface area contributed by atoms with Crippen molar-refractivity contribution in [1.82, 2.24) is 9.55 Å². The van der Waals surface area contributed by atoms with E-state index in [0.717, 1.165) is 10.8 Å². The molecule has 0 saturated carbocycles. The van der Waals surface area contributed by atoms with Gasteiger partial charge in [0.1, 0.15) is 0 Å². The van der Waals surface area contributed by atoms with Crippen molar-refractivity contribution >= 4 is 21.9 Å². The molecule has 0 radical (unpaired) electrons. The second kappa shape index (κ2) is 5.41. The van der Waals surface area contributed by atoms with Crippen LogP contribution in [-0.2, 0) is 6.54 Å². The zero-order chi connectivity index (χ0) is 14.9. The maximum atomic E-state index is 13.1. The van der Waals surface area contributed by atoms with E-state index in [1.165, 1.54) is 18.2 Å². The van der Waals surface area contributed by atoms with Gasteiger partial charge in [-0.1, -0.05) is 22.0 Å². The van der Waals surface area contributed by atoms with Crippen LogP contribution in [-0.4, -0.2) is 20.6 Å². The number of aromatic carboxylic acids is 1. The molecule has 104 valence electrons. The molecule has 2 N–H and O–H groups in total. The third-order valence-electron chi connectivity index (χ3n) is 2.61. The van der Waals surface area contributed by atoms with Gasteiger partial charge in [0.2, 0.25) is 5.82 Å². The summed E-state index contributed by atoms with van der Waals surface area (Å²) in [7, 11) is 0. The first kappa shape index (κ1) is 14.2. The number of carboxylic acids is 1. The van der Waals surface area contributed by atoms with Crippen LogP contribution in [0.4, 0.5) is 4.39 Å². The van der Waals surface area contributed by atoms with Crippen molar-refractivity contribution in [3.8, 4) is 0 Å². The molecular weight excluding hydrogens is 335 g/mol. The van der Waals surface area contributed by atoms with Gasteiger partial charge < -0.3 is 5.11 Å². The lowest BCUT2D eigenvalue weighted by Gasteiger charge is -2.08. The predicted octanol–water partition coefficient (Wildman–Crippen LogP) is 1.18. The highest BCUT2D eigenvalue weighted by Crippen LogP contribution is 2.19. The molecule has 0 spiro atoms. The zero-order valence-corrected chi connectivity index (χ0v) is 11.5. The van der Waals surface area contributed by atoms with Crippen LogP contribution in [0.15, 0.2) is 38.5 Å². The summed E-state index contributed by atoms with van der Waals surface area (Å²) in [6, 6.07) is 4.25. The van der Waals surface area contributed by atoms with Crippen LogP contribution in [0.2, 0.25) is 0 Å². The first-order chi connectivity index (χ1) is 9.38. The predicted molar refractivity (Wildman–Crippen MR) is 71.5 cm³/mol. The zero-order valence-electron chi connectivity index (χ0n) is 9.89. The molecule has 0 bridgehead atoms. The van der Waals surface area contributed by atoms with Crippen molar-refractivity contribution in [1.29, 1.82) is 0 Å². The van der Waals surface area contributed by atoms with Crippen molar-refractivity contribution in [2.75, 3.05) is 0 Å². The van der Waals surface area contributed by atoms with E-state index in [2.05, 4.69) is 15.9 Å². The number of halogens is 2. The molecule has 0 unspecified atom stereocenters. The summed E-state index contributed by atoms with van der Waals surface area (Å²) in [6.07, 6.45) is 0.804. The number of rotatable bonds is 3. The molecule has 1 aromatic heterocycles. The van der Waals surface area contributed by atoms with Crippen LogP contribution in [0, 0.1) is 5.82 Å². The topological polar surface area (TPSA) is 92.2 Å². The van der Waals surface area contributed by atoms with Crippen LogP contribution in [0.3, 0.4) is 0 Å². The Morgan fingerprint density at radius 2 is 2.10 bits per heavy atom. The number of H-pyrrole nitrogens is 1.